The number of phenols is 1. The Bertz CT molecular complexity index is 811. The standard InChI is InChI=1S/C21H30N4O6/c1-12(2)18(22)21(31)25-9-3-4-16(25)20(30)24-15(19(29)23-11-17(27)28)10-13-5-7-14(26)8-6-13/h5-8,12,15-16,18,26H,3-4,9-11,22H2,1-2H3,(H,23,29)(H,24,30)(H,27,28). The van der Waals surface area contributed by atoms with E-state index in [1.54, 1.807) is 12.1 Å². The van der Waals surface area contributed by atoms with E-state index in [-0.39, 0.29) is 24.0 Å². The van der Waals surface area contributed by atoms with Gasteiger partial charge in [0.2, 0.25) is 17.7 Å². The number of nitrogens with two attached hydrogens (primary N) is 1. The molecule has 1 fully saturated rings. The molecule has 2 rings (SSSR count). The van der Waals surface area contributed by atoms with Crippen molar-refractivity contribution >= 4 is 23.7 Å². The Morgan fingerprint density at radius 1 is 1.19 bits per heavy atom. The fourth-order valence-electron chi connectivity index (χ4n) is 3.41. The number of phenolic OH excluding ortho intramolecular Hbond substituents is 1. The number of carbonyl (C=O) groups excluding carboxylic acids is 3. The fraction of sp³-hybridized carbons (Fsp3) is 0.524. The van der Waals surface area contributed by atoms with Gasteiger partial charge < -0.3 is 31.5 Å². The topological polar surface area (TPSA) is 162 Å². The highest BCUT2D eigenvalue weighted by molar-refractivity contribution is 5.94. The summed E-state index contributed by atoms with van der Waals surface area (Å²) in [5, 5.41) is 23.2. The Balaban J connectivity index is 2.14. The molecule has 3 atom stereocenters. The van der Waals surface area contributed by atoms with Gasteiger partial charge in [0.25, 0.3) is 0 Å². The zero-order valence-electron chi connectivity index (χ0n) is 17.7. The minimum Gasteiger partial charge on any atom is -0.508 e. The lowest BCUT2D eigenvalue weighted by Crippen LogP contribution is -2.56. The van der Waals surface area contributed by atoms with Gasteiger partial charge in [-0.25, -0.2) is 0 Å². The molecule has 1 aliphatic rings. The zero-order chi connectivity index (χ0) is 23.1. The Labute approximate surface area is 180 Å². The monoisotopic (exact) mass is 434 g/mol. The van der Waals surface area contributed by atoms with Crippen molar-refractivity contribution in [3.8, 4) is 5.75 Å². The van der Waals surface area contributed by atoms with Crippen LogP contribution < -0.4 is 16.4 Å². The van der Waals surface area contributed by atoms with E-state index in [0.29, 0.717) is 24.9 Å². The third kappa shape index (κ3) is 6.68. The lowest BCUT2D eigenvalue weighted by atomic mass is 10.0. The Kier molecular flexibility index (Phi) is 8.38. The molecule has 0 aliphatic carbocycles. The molecule has 1 saturated heterocycles. The SMILES string of the molecule is CC(C)C(N)C(=O)N1CCCC1C(=O)NC(Cc1ccc(O)cc1)C(=O)NCC(=O)O. The summed E-state index contributed by atoms with van der Waals surface area (Å²) in [5.74, 6) is -2.69. The number of nitrogens with one attached hydrogen (secondary N) is 2. The van der Waals surface area contributed by atoms with Gasteiger partial charge in [0, 0.05) is 13.0 Å². The smallest absolute Gasteiger partial charge is 0.322 e. The van der Waals surface area contributed by atoms with Crippen molar-refractivity contribution < 1.29 is 29.4 Å². The third-order valence-electron chi connectivity index (χ3n) is 5.26. The Morgan fingerprint density at radius 3 is 2.42 bits per heavy atom. The summed E-state index contributed by atoms with van der Waals surface area (Å²) in [5.41, 5.74) is 6.63. The van der Waals surface area contributed by atoms with Crippen molar-refractivity contribution in [1.82, 2.24) is 15.5 Å². The van der Waals surface area contributed by atoms with E-state index >= 15 is 0 Å². The highest BCUT2D eigenvalue weighted by Gasteiger charge is 2.38. The van der Waals surface area contributed by atoms with E-state index in [9.17, 15) is 24.3 Å². The van der Waals surface area contributed by atoms with Gasteiger partial charge in [0.15, 0.2) is 0 Å². The van der Waals surface area contributed by atoms with Crippen LogP contribution in [0.3, 0.4) is 0 Å². The van der Waals surface area contributed by atoms with Gasteiger partial charge in [-0.15, -0.1) is 0 Å². The van der Waals surface area contributed by atoms with E-state index in [2.05, 4.69) is 10.6 Å². The molecule has 0 saturated carbocycles. The molecule has 0 bridgehead atoms. The van der Waals surface area contributed by atoms with Crippen LogP contribution in [-0.4, -0.2) is 70.0 Å². The van der Waals surface area contributed by atoms with Gasteiger partial charge in [0.05, 0.1) is 6.04 Å². The number of amides is 3. The summed E-state index contributed by atoms with van der Waals surface area (Å²) in [6.45, 7) is 3.48. The molecule has 31 heavy (non-hydrogen) atoms. The van der Waals surface area contributed by atoms with Gasteiger partial charge in [-0.1, -0.05) is 26.0 Å². The van der Waals surface area contributed by atoms with Crippen molar-refractivity contribution in [2.75, 3.05) is 13.1 Å². The highest BCUT2D eigenvalue weighted by Crippen LogP contribution is 2.20. The van der Waals surface area contributed by atoms with Crippen molar-refractivity contribution in [3.05, 3.63) is 29.8 Å². The summed E-state index contributed by atoms with van der Waals surface area (Å²) in [6, 6.07) is 3.60. The molecule has 10 heteroatoms. The van der Waals surface area contributed by atoms with E-state index in [1.807, 2.05) is 13.8 Å². The van der Waals surface area contributed by atoms with Crippen molar-refractivity contribution in [1.29, 1.82) is 0 Å². The molecule has 1 aromatic carbocycles. The normalized spacial score (nSPS) is 17.8. The number of hydrogen-bond acceptors (Lipinski definition) is 6. The van der Waals surface area contributed by atoms with Gasteiger partial charge in [0.1, 0.15) is 24.4 Å². The average Bonchev–Trinajstić information content (AvgIpc) is 3.21. The van der Waals surface area contributed by atoms with Gasteiger partial charge >= 0.3 is 5.97 Å². The molecule has 3 unspecified atom stereocenters. The summed E-state index contributed by atoms with van der Waals surface area (Å²) in [6.07, 6.45) is 1.18. The van der Waals surface area contributed by atoms with E-state index in [1.165, 1.54) is 17.0 Å². The Morgan fingerprint density at radius 2 is 1.84 bits per heavy atom. The second-order valence-corrected chi connectivity index (χ2v) is 8.00. The molecule has 3 amide bonds. The number of hydrogen-bond donors (Lipinski definition) is 5. The van der Waals surface area contributed by atoms with Gasteiger partial charge in [-0.05, 0) is 36.5 Å². The minimum atomic E-state index is -1.21. The summed E-state index contributed by atoms with van der Waals surface area (Å²) in [4.78, 5) is 50.4. The third-order valence-corrected chi connectivity index (χ3v) is 5.26. The van der Waals surface area contributed by atoms with Crippen LogP contribution in [0.5, 0.6) is 5.75 Å². The van der Waals surface area contributed by atoms with Crippen LogP contribution in [0.1, 0.15) is 32.3 Å². The molecule has 1 aliphatic heterocycles. The zero-order valence-corrected chi connectivity index (χ0v) is 17.7. The molecule has 170 valence electrons. The molecular weight excluding hydrogens is 404 g/mol. The predicted molar refractivity (Wildman–Crippen MR) is 112 cm³/mol. The number of aromatic hydroxyl groups is 1. The van der Waals surface area contributed by atoms with E-state index in [0.717, 1.165) is 0 Å². The number of carbonyl (C=O) groups is 4. The fourth-order valence-corrected chi connectivity index (χ4v) is 3.41. The second-order valence-electron chi connectivity index (χ2n) is 8.00. The van der Waals surface area contributed by atoms with Crippen LogP contribution in [-0.2, 0) is 25.6 Å². The molecule has 6 N–H and O–H groups in total. The van der Waals surface area contributed by atoms with Crippen molar-refractivity contribution in [2.45, 2.75) is 51.2 Å². The average molecular weight is 434 g/mol. The first-order chi connectivity index (χ1) is 14.6. The summed E-state index contributed by atoms with van der Waals surface area (Å²) in [7, 11) is 0. The van der Waals surface area contributed by atoms with Crippen molar-refractivity contribution in [2.24, 2.45) is 11.7 Å². The number of aliphatic carboxylic acids is 1. The van der Waals surface area contributed by atoms with Crippen LogP contribution in [0.15, 0.2) is 24.3 Å². The molecule has 0 spiro atoms. The summed E-state index contributed by atoms with van der Waals surface area (Å²) < 4.78 is 0. The lowest BCUT2D eigenvalue weighted by molar-refractivity contribution is -0.141. The minimum absolute atomic E-state index is 0.0567. The molecule has 10 nitrogen and oxygen atoms in total. The van der Waals surface area contributed by atoms with E-state index < -0.39 is 42.5 Å². The first kappa shape index (κ1) is 24.1. The van der Waals surface area contributed by atoms with Crippen LogP contribution in [0.4, 0.5) is 0 Å². The number of rotatable bonds is 9. The number of likely N-dealkylation sites (tertiary alicyclic amines) is 1. The maximum atomic E-state index is 13.0. The van der Waals surface area contributed by atoms with Crippen LogP contribution in [0, 0.1) is 5.92 Å². The maximum Gasteiger partial charge on any atom is 0.322 e. The largest absolute Gasteiger partial charge is 0.508 e. The first-order valence-electron chi connectivity index (χ1n) is 10.2. The predicted octanol–water partition coefficient (Wildman–Crippen LogP) is -0.405. The molecule has 1 heterocycles. The molecule has 0 aromatic heterocycles. The van der Waals surface area contributed by atoms with Crippen LogP contribution in [0.25, 0.3) is 0 Å². The second kappa shape index (κ2) is 10.8. The van der Waals surface area contributed by atoms with Crippen LogP contribution >= 0.6 is 0 Å². The van der Waals surface area contributed by atoms with Gasteiger partial charge in [-0.3, -0.25) is 19.2 Å². The quantitative estimate of drug-likeness (QED) is 0.353. The highest BCUT2D eigenvalue weighted by atomic mass is 16.4. The Hall–Kier alpha value is -3.14. The van der Waals surface area contributed by atoms with Crippen molar-refractivity contribution in [3.63, 3.8) is 0 Å². The summed E-state index contributed by atoms with van der Waals surface area (Å²) >= 11 is 0. The number of benzene rings is 1. The number of nitrogens with zero attached hydrogens (tertiary/aromatic N) is 1. The lowest BCUT2D eigenvalue weighted by Gasteiger charge is -2.29. The number of carboxylic acid groups (broad SMARTS) is 1. The van der Waals surface area contributed by atoms with Crippen LogP contribution in [0.2, 0.25) is 0 Å². The molecule has 0 radical (unpaired) electrons. The van der Waals surface area contributed by atoms with Gasteiger partial charge in [-0.2, -0.15) is 0 Å². The first-order valence-corrected chi connectivity index (χ1v) is 10.2. The number of carboxylic acids is 1. The molecule has 1 aromatic rings. The van der Waals surface area contributed by atoms with E-state index in [4.69, 9.17) is 10.8 Å². The maximum absolute atomic E-state index is 13.0. The molecular formula is C21H30N4O6.